The molecule has 4 heteroatoms. The quantitative estimate of drug-likeness (QED) is 0.762. The van der Waals surface area contributed by atoms with Gasteiger partial charge in [-0.15, -0.1) is 6.42 Å². The summed E-state index contributed by atoms with van der Waals surface area (Å²) in [6.07, 6.45) is 6.87. The summed E-state index contributed by atoms with van der Waals surface area (Å²) in [4.78, 5) is 5.81. The van der Waals surface area contributed by atoms with Crippen molar-refractivity contribution in [3.63, 3.8) is 0 Å². The molecule has 0 amide bonds. The van der Waals surface area contributed by atoms with E-state index in [1.807, 2.05) is 13.8 Å². The predicted octanol–water partition coefficient (Wildman–Crippen LogP) is 1.79. The van der Waals surface area contributed by atoms with Crippen LogP contribution in [0.4, 0.5) is 10.2 Å². The Labute approximate surface area is 102 Å². The maximum Gasteiger partial charge on any atom is 0.170 e. The maximum atomic E-state index is 14.1. The van der Waals surface area contributed by atoms with Crippen LogP contribution in [0, 0.1) is 18.2 Å². The van der Waals surface area contributed by atoms with Crippen LogP contribution in [0.1, 0.15) is 19.4 Å². The Morgan fingerprint density at radius 2 is 2.29 bits per heavy atom. The summed E-state index contributed by atoms with van der Waals surface area (Å²) in [6.45, 7) is 6.22. The average Bonchev–Trinajstić information content (AvgIpc) is 2.35. The zero-order valence-corrected chi connectivity index (χ0v) is 10.3. The van der Waals surface area contributed by atoms with Crippen molar-refractivity contribution < 1.29 is 4.39 Å². The Balaban J connectivity index is 2.96. The third kappa shape index (κ3) is 3.43. The molecule has 1 rings (SSSR count). The smallest absolute Gasteiger partial charge is 0.170 e. The summed E-state index contributed by atoms with van der Waals surface area (Å²) in [5.74, 6) is 2.56. The molecule has 0 fully saturated rings. The van der Waals surface area contributed by atoms with Crippen molar-refractivity contribution in [1.29, 1.82) is 0 Å². The number of hydrogen-bond acceptors (Lipinski definition) is 3. The van der Waals surface area contributed by atoms with Gasteiger partial charge >= 0.3 is 0 Å². The number of terminal acetylenes is 1. The van der Waals surface area contributed by atoms with E-state index in [4.69, 9.17) is 6.42 Å². The number of nitrogens with one attached hydrogen (secondary N) is 1. The third-order valence-corrected chi connectivity index (χ3v) is 2.48. The van der Waals surface area contributed by atoms with Crippen LogP contribution in [0.2, 0.25) is 0 Å². The highest BCUT2D eigenvalue weighted by Gasteiger charge is 2.13. The van der Waals surface area contributed by atoms with Gasteiger partial charge in [0.15, 0.2) is 11.6 Å². The minimum Gasteiger partial charge on any atom is -0.343 e. The summed E-state index contributed by atoms with van der Waals surface area (Å²) in [6, 6.07) is 1.69. The molecule has 0 saturated heterocycles. The molecule has 17 heavy (non-hydrogen) atoms. The summed E-state index contributed by atoms with van der Waals surface area (Å²) in [7, 11) is 0. The van der Waals surface area contributed by atoms with Gasteiger partial charge in [0.05, 0.1) is 6.54 Å². The lowest BCUT2D eigenvalue weighted by Crippen LogP contribution is -2.26. The molecule has 3 nitrogen and oxygen atoms in total. The first-order valence-electron chi connectivity index (χ1n) is 5.77. The van der Waals surface area contributed by atoms with Gasteiger partial charge in [-0.25, -0.2) is 9.37 Å². The van der Waals surface area contributed by atoms with Crippen LogP contribution in [0.15, 0.2) is 12.3 Å². The molecule has 0 aliphatic heterocycles. The average molecular weight is 235 g/mol. The third-order valence-electron chi connectivity index (χ3n) is 2.48. The highest BCUT2D eigenvalue weighted by Crippen LogP contribution is 2.18. The van der Waals surface area contributed by atoms with Gasteiger partial charge in [0, 0.05) is 24.8 Å². The van der Waals surface area contributed by atoms with Crippen molar-refractivity contribution in [3.8, 4) is 12.3 Å². The number of anilines is 1. The fraction of sp³-hybridized carbons (Fsp3) is 0.462. The van der Waals surface area contributed by atoms with E-state index in [9.17, 15) is 4.39 Å². The lowest BCUT2D eigenvalue weighted by molar-refractivity contribution is 0.582. The lowest BCUT2D eigenvalue weighted by Gasteiger charge is -2.20. The second-order valence-electron chi connectivity index (χ2n) is 3.61. The molecule has 0 aliphatic rings. The first-order chi connectivity index (χ1) is 8.24. The van der Waals surface area contributed by atoms with Gasteiger partial charge in [-0.05, 0) is 19.5 Å². The van der Waals surface area contributed by atoms with Crippen LogP contribution in [0.5, 0.6) is 0 Å². The molecule has 0 unspecified atom stereocenters. The molecule has 1 N–H and O–H groups in total. The molecule has 0 spiro atoms. The Bertz CT molecular complexity index is 398. The molecule has 92 valence electrons. The first-order valence-corrected chi connectivity index (χ1v) is 5.77. The van der Waals surface area contributed by atoms with Crippen molar-refractivity contribution in [2.75, 3.05) is 24.5 Å². The van der Waals surface area contributed by atoms with E-state index in [0.29, 0.717) is 31.0 Å². The standard InChI is InChI=1S/C13H18FN3/c1-4-9-17(6-3)13-12(14)11(7-8-16-13)10-15-5-2/h1,7-8,15H,5-6,9-10H2,2-3H3. The minimum absolute atomic E-state index is 0.287. The molecular weight excluding hydrogens is 217 g/mol. The van der Waals surface area contributed by atoms with E-state index < -0.39 is 0 Å². The summed E-state index contributed by atoms with van der Waals surface area (Å²) < 4.78 is 14.1. The molecule has 0 bridgehead atoms. The number of hydrogen-bond donors (Lipinski definition) is 1. The number of aromatic nitrogens is 1. The fourth-order valence-electron chi connectivity index (χ4n) is 1.53. The maximum absolute atomic E-state index is 14.1. The second-order valence-corrected chi connectivity index (χ2v) is 3.61. The summed E-state index contributed by atoms with van der Waals surface area (Å²) in [5.41, 5.74) is 0.618. The van der Waals surface area contributed by atoms with E-state index in [0.717, 1.165) is 6.54 Å². The number of rotatable bonds is 6. The molecule has 0 aromatic carbocycles. The van der Waals surface area contributed by atoms with E-state index in [-0.39, 0.29) is 5.82 Å². The van der Waals surface area contributed by atoms with Crippen molar-refractivity contribution >= 4 is 5.82 Å². The van der Waals surface area contributed by atoms with Gasteiger partial charge in [0.2, 0.25) is 0 Å². The second kappa shape index (κ2) is 6.87. The highest BCUT2D eigenvalue weighted by atomic mass is 19.1. The summed E-state index contributed by atoms with van der Waals surface area (Å²) in [5, 5.41) is 3.09. The predicted molar refractivity (Wildman–Crippen MR) is 68.3 cm³/mol. The van der Waals surface area contributed by atoms with Gasteiger partial charge in [-0.1, -0.05) is 12.8 Å². The molecule has 0 saturated carbocycles. The van der Waals surface area contributed by atoms with Crippen LogP contribution in [-0.4, -0.2) is 24.6 Å². The molecule has 0 aliphatic carbocycles. The largest absolute Gasteiger partial charge is 0.343 e. The molecule has 0 radical (unpaired) electrons. The molecule has 1 aromatic rings. The van der Waals surface area contributed by atoms with Crippen molar-refractivity contribution in [3.05, 3.63) is 23.6 Å². The summed E-state index contributed by atoms with van der Waals surface area (Å²) >= 11 is 0. The van der Waals surface area contributed by atoms with Gasteiger partial charge in [-0.3, -0.25) is 0 Å². The molecule has 1 aromatic heterocycles. The Kier molecular flexibility index (Phi) is 5.44. The minimum atomic E-state index is -0.287. The van der Waals surface area contributed by atoms with E-state index in [1.165, 1.54) is 0 Å². The zero-order valence-electron chi connectivity index (χ0n) is 10.3. The van der Waals surface area contributed by atoms with Gasteiger partial charge in [-0.2, -0.15) is 0 Å². The topological polar surface area (TPSA) is 28.2 Å². The van der Waals surface area contributed by atoms with Crippen molar-refractivity contribution in [2.24, 2.45) is 0 Å². The number of halogens is 1. The van der Waals surface area contributed by atoms with E-state index in [1.54, 1.807) is 17.2 Å². The van der Waals surface area contributed by atoms with E-state index >= 15 is 0 Å². The van der Waals surface area contributed by atoms with Crippen LogP contribution in [0.3, 0.4) is 0 Å². The normalized spacial score (nSPS) is 10.0. The monoisotopic (exact) mass is 235 g/mol. The van der Waals surface area contributed by atoms with Crippen LogP contribution in [-0.2, 0) is 6.54 Å². The molecule has 1 heterocycles. The van der Waals surface area contributed by atoms with Gasteiger partial charge in [0.1, 0.15) is 0 Å². The SMILES string of the molecule is C#CCN(CC)c1nccc(CNCC)c1F. The Hall–Kier alpha value is -1.60. The van der Waals surface area contributed by atoms with Crippen LogP contribution in [0.25, 0.3) is 0 Å². The van der Waals surface area contributed by atoms with Gasteiger partial charge in [0.25, 0.3) is 0 Å². The van der Waals surface area contributed by atoms with Gasteiger partial charge < -0.3 is 10.2 Å². The van der Waals surface area contributed by atoms with E-state index in [2.05, 4.69) is 16.2 Å². The number of nitrogens with zero attached hydrogens (tertiary/aromatic N) is 2. The van der Waals surface area contributed by atoms with Crippen molar-refractivity contribution in [2.45, 2.75) is 20.4 Å². The lowest BCUT2D eigenvalue weighted by atomic mass is 10.2. The first kappa shape index (κ1) is 13.5. The Morgan fingerprint density at radius 1 is 1.53 bits per heavy atom. The van der Waals surface area contributed by atoms with Crippen molar-refractivity contribution in [1.82, 2.24) is 10.3 Å². The van der Waals surface area contributed by atoms with Crippen LogP contribution >= 0.6 is 0 Å². The highest BCUT2D eigenvalue weighted by molar-refractivity contribution is 5.44. The number of pyridine rings is 1. The zero-order chi connectivity index (χ0) is 12.7. The Morgan fingerprint density at radius 3 is 2.88 bits per heavy atom. The molecule has 0 atom stereocenters. The molecular formula is C13H18FN3. The fourth-order valence-corrected chi connectivity index (χ4v) is 1.53. The van der Waals surface area contributed by atoms with Crippen LogP contribution < -0.4 is 10.2 Å².